The molecule has 13 heavy (non-hydrogen) atoms. The van der Waals surface area contributed by atoms with Gasteiger partial charge in [-0.15, -0.1) is 0 Å². The number of ether oxygens (including phenoxy) is 1. The molecule has 3 N–H and O–H groups in total. The highest BCUT2D eigenvalue weighted by atomic mass is 16.5. The summed E-state index contributed by atoms with van der Waals surface area (Å²) in [5, 5.41) is 11.5. The molecule has 0 saturated heterocycles. The molecule has 74 valence electrons. The molecule has 1 amide bonds. The largest absolute Gasteiger partial charge is 0.370 e. The minimum atomic E-state index is -0.479. The van der Waals surface area contributed by atoms with E-state index in [1.165, 1.54) is 0 Å². The quantitative estimate of drug-likeness (QED) is 0.517. The normalized spacial score (nSPS) is 12.0. The van der Waals surface area contributed by atoms with Crippen molar-refractivity contribution in [2.24, 2.45) is 5.73 Å². The molecular formula is C8H15N3O2. The van der Waals surface area contributed by atoms with E-state index in [-0.39, 0.29) is 12.6 Å². The third kappa shape index (κ3) is 7.25. The van der Waals surface area contributed by atoms with Crippen LogP contribution in [0.2, 0.25) is 0 Å². The summed E-state index contributed by atoms with van der Waals surface area (Å²) >= 11 is 0. The van der Waals surface area contributed by atoms with Crippen molar-refractivity contribution in [2.45, 2.75) is 19.4 Å². The van der Waals surface area contributed by atoms with Gasteiger partial charge in [0, 0.05) is 6.54 Å². The van der Waals surface area contributed by atoms with Gasteiger partial charge in [0.15, 0.2) is 0 Å². The smallest absolute Gasteiger partial charge is 0.243 e. The molecule has 1 atom stereocenters. The summed E-state index contributed by atoms with van der Waals surface area (Å²) in [6.45, 7) is 2.80. The van der Waals surface area contributed by atoms with Crippen molar-refractivity contribution in [1.29, 1.82) is 5.26 Å². The molecule has 5 heteroatoms. The molecule has 0 spiro atoms. The van der Waals surface area contributed by atoms with E-state index in [1.54, 1.807) is 0 Å². The number of nitriles is 1. The lowest BCUT2D eigenvalue weighted by Gasteiger charge is -2.08. The number of nitrogens with zero attached hydrogens (tertiary/aromatic N) is 1. The van der Waals surface area contributed by atoms with Crippen molar-refractivity contribution >= 4 is 5.91 Å². The van der Waals surface area contributed by atoms with Gasteiger partial charge in [-0.3, -0.25) is 10.1 Å². The Morgan fingerprint density at radius 3 is 2.92 bits per heavy atom. The number of rotatable bonds is 7. The molecule has 0 saturated carbocycles. The molecule has 0 fully saturated rings. The Balaban J connectivity index is 3.25. The fourth-order valence-corrected chi connectivity index (χ4v) is 0.759. The summed E-state index contributed by atoms with van der Waals surface area (Å²) < 4.78 is 4.89. The van der Waals surface area contributed by atoms with Crippen LogP contribution in [0.15, 0.2) is 0 Å². The van der Waals surface area contributed by atoms with Crippen LogP contribution < -0.4 is 11.1 Å². The third-order valence-electron chi connectivity index (χ3n) is 1.45. The number of hydrogen-bond donors (Lipinski definition) is 2. The minimum absolute atomic E-state index is 0.0645. The zero-order chi connectivity index (χ0) is 10.1. The maximum atomic E-state index is 10.2. The Morgan fingerprint density at radius 1 is 1.77 bits per heavy atom. The molecule has 1 unspecified atom stereocenters. The lowest BCUT2D eigenvalue weighted by molar-refractivity contribution is -0.122. The van der Waals surface area contributed by atoms with Gasteiger partial charge in [0.1, 0.15) is 6.61 Å². The molecule has 0 aliphatic carbocycles. The first-order valence-electron chi connectivity index (χ1n) is 4.19. The molecule has 0 aromatic carbocycles. The molecule has 0 radical (unpaired) electrons. The Kier molecular flexibility index (Phi) is 6.88. The molecular weight excluding hydrogens is 170 g/mol. The van der Waals surface area contributed by atoms with Crippen LogP contribution in [0.5, 0.6) is 0 Å². The monoisotopic (exact) mass is 185 g/mol. The van der Waals surface area contributed by atoms with E-state index < -0.39 is 5.91 Å². The van der Waals surface area contributed by atoms with E-state index >= 15 is 0 Å². The van der Waals surface area contributed by atoms with Gasteiger partial charge >= 0.3 is 0 Å². The highest BCUT2D eigenvalue weighted by Gasteiger charge is 2.01. The summed E-state index contributed by atoms with van der Waals surface area (Å²) in [6, 6.07) is 1.95. The van der Waals surface area contributed by atoms with Gasteiger partial charge in [-0.2, -0.15) is 5.26 Å². The summed E-state index contributed by atoms with van der Waals surface area (Å²) in [5.74, 6) is -0.479. The Morgan fingerprint density at radius 2 is 2.46 bits per heavy atom. The van der Waals surface area contributed by atoms with Crippen molar-refractivity contribution in [1.82, 2.24) is 5.32 Å². The van der Waals surface area contributed by atoms with Gasteiger partial charge in [-0.05, 0) is 6.42 Å². The minimum Gasteiger partial charge on any atom is -0.370 e. The predicted molar refractivity (Wildman–Crippen MR) is 47.7 cm³/mol. The SMILES string of the molecule is CCC(C#N)NCCOCC(N)=O. The summed E-state index contributed by atoms with van der Waals surface area (Å²) in [5.41, 5.74) is 4.85. The topological polar surface area (TPSA) is 88.1 Å². The van der Waals surface area contributed by atoms with Gasteiger partial charge in [0.2, 0.25) is 5.91 Å². The van der Waals surface area contributed by atoms with Crippen LogP contribution >= 0.6 is 0 Å². The van der Waals surface area contributed by atoms with Crippen LogP contribution in [0.3, 0.4) is 0 Å². The van der Waals surface area contributed by atoms with E-state index in [2.05, 4.69) is 11.4 Å². The number of nitrogens with two attached hydrogens (primary N) is 1. The van der Waals surface area contributed by atoms with Crippen molar-refractivity contribution in [3.8, 4) is 6.07 Å². The summed E-state index contributed by atoms with van der Waals surface area (Å²) in [7, 11) is 0. The first-order chi connectivity index (χ1) is 6.20. The highest BCUT2D eigenvalue weighted by molar-refractivity contribution is 5.74. The van der Waals surface area contributed by atoms with Crippen molar-refractivity contribution in [3.05, 3.63) is 0 Å². The number of hydrogen-bond acceptors (Lipinski definition) is 4. The van der Waals surface area contributed by atoms with Crippen molar-refractivity contribution < 1.29 is 9.53 Å². The zero-order valence-electron chi connectivity index (χ0n) is 7.75. The lowest BCUT2D eigenvalue weighted by Crippen LogP contribution is -2.31. The van der Waals surface area contributed by atoms with E-state index in [0.29, 0.717) is 13.2 Å². The Hall–Kier alpha value is -1.12. The molecule has 0 aliphatic heterocycles. The van der Waals surface area contributed by atoms with Crippen molar-refractivity contribution in [3.63, 3.8) is 0 Å². The van der Waals surface area contributed by atoms with Gasteiger partial charge in [0.05, 0.1) is 18.7 Å². The molecule has 0 aromatic heterocycles. The van der Waals surface area contributed by atoms with Gasteiger partial charge < -0.3 is 10.5 Å². The first kappa shape index (κ1) is 11.9. The van der Waals surface area contributed by atoms with E-state index in [1.807, 2.05) is 6.92 Å². The second-order valence-corrected chi connectivity index (χ2v) is 2.56. The molecule has 0 aliphatic rings. The van der Waals surface area contributed by atoms with Gasteiger partial charge in [0.25, 0.3) is 0 Å². The number of primary amides is 1. The third-order valence-corrected chi connectivity index (χ3v) is 1.45. The molecule has 0 aromatic rings. The van der Waals surface area contributed by atoms with E-state index in [9.17, 15) is 4.79 Å². The maximum absolute atomic E-state index is 10.2. The second-order valence-electron chi connectivity index (χ2n) is 2.56. The number of carbonyl (C=O) groups is 1. The number of carbonyl (C=O) groups excluding carboxylic acids is 1. The van der Waals surface area contributed by atoms with Crippen LogP contribution in [-0.2, 0) is 9.53 Å². The van der Waals surface area contributed by atoms with Crippen LogP contribution in [-0.4, -0.2) is 31.7 Å². The Labute approximate surface area is 77.9 Å². The lowest BCUT2D eigenvalue weighted by atomic mass is 10.2. The fourth-order valence-electron chi connectivity index (χ4n) is 0.759. The fraction of sp³-hybridized carbons (Fsp3) is 0.750. The molecule has 0 bridgehead atoms. The standard InChI is InChI=1S/C8H15N3O2/c1-2-7(5-9)11-3-4-13-6-8(10)12/h7,11H,2-4,6H2,1H3,(H2,10,12). The summed E-state index contributed by atoms with van der Waals surface area (Å²) in [4.78, 5) is 10.2. The maximum Gasteiger partial charge on any atom is 0.243 e. The molecule has 0 heterocycles. The van der Waals surface area contributed by atoms with E-state index in [4.69, 9.17) is 15.7 Å². The zero-order valence-corrected chi connectivity index (χ0v) is 7.75. The van der Waals surface area contributed by atoms with Gasteiger partial charge in [-0.25, -0.2) is 0 Å². The van der Waals surface area contributed by atoms with Crippen LogP contribution in [0, 0.1) is 11.3 Å². The van der Waals surface area contributed by atoms with Gasteiger partial charge in [-0.1, -0.05) is 6.92 Å². The van der Waals surface area contributed by atoms with Crippen LogP contribution in [0.1, 0.15) is 13.3 Å². The Bertz CT molecular complexity index is 188. The number of amides is 1. The highest BCUT2D eigenvalue weighted by Crippen LogP contribution is 1.86. The first-order valence-corrected chi connectivity index (χ1v) is 4.19. The molecule has 0 rings (SSSR count). The number of nitrogens with one attached hydrogen (secondary N) is 1. The average Bonchev–Trinajstić information content (AvgIpc) is 2.11. The van der Waals surface area contributed by atoms with Crippen molar-refractivity contribution in [2.75, 3.05) is 19.8 Å². The molecule has 5 nitrogen and oxygen atoms in total. The van der Waals surface area contributed by atoms with Crippen LogP contribution in [0.4, 0.5) is 0 Å². The van der Waals surface area contributed by atoms with E-state index in [0.717, 1.165) is 6.42 Å². The second kappa shape index (κ2) is 7.53. The van der Waals surface area contributed by atoms with Crippen LogP contribution in [0.25, 0.3) is 0 Å². The average molecular weight is 185 g/mol. The summed E-state index contributed by atoms with van der Waals surface area (Å²) in [6.07, 6.45) is 0.756. The predicted octanol–water partition coefficient (Wildman–Crippen LogP) is -0.620.